The molecular weight excluding hydrogens is 513 g/mol. The van der Waals surface area contributed by atoms with Crippen molar-refractivity contribution in [1.82, 2.24) is 14.8 Å². The number of carboxylic acids is 1. The fourth-order valence-corrected chi connectivity index (χ4v) is 3.55. The van der Waals surface area contributed by atoms with Crippen LogP contribution in [0.4, 0.5) is 24.5 Å². The van der Waals surface area contributed by atoms with Crippen LogP contribution in [0.1, 0.15) is 23.9 Å². The molecule has 4 aromatic rings. The Hall–Kier alpha value is -4.87. The molecule has 204 valence electrons. The fraction of sp³-hybridized carbons (Fsp3) is 0.185. The molecule has 0 aliphatic heterocycles. The molecule has 0 amide bonds. The molecule has 0 atom stereocenters. The van der Waals surface area contributed by atoms with Gasteiger partial charge >= 0.3 is 12.1 Å². The lowest BCUT2D eigenvalue weighted by Crippen LogP contribution is -2.21. The molecule has 4 N–H and O–H groups in total. The summed E-state index contributed by atoms with van der Waals surface area (Å²) < 4.78 is 33.6. The second kappa shape index (κ2) is 12.6. The van der Waals surface area contributed by atoms with Crippen molar-refractivity contribution >= 4 is 23.2 Å². The summed E-state index contributed by atoms with van der Waals surface area (Å²) in [5, 5.41) is 23.8. The first kappa shape index (κ1) is 28.7. The Morgan fingerprint density at radius 3 is 2.23 bits per heavy atom. The Labute approximate surface area is 222 Å². The van der Waals surface area contributed by atoms with Crippen LogP contribution in [0.5, 0.6) is 0 Å². The Morgan fingerprint density at radius 2 is 1.67 bits per heavy atom. The SMILES string of the molecule is CCc1cccc(N(Cc2nc(-c3ccccc3)nn2C)c2ccc(C(N)=NO)cc2)c1.O=C(O)C(F)(F)F. The summed E-state index contributed by atoms with van der Waals surface area (Å²) in [6, 6.07) is 26.0. The van der Waals surface area contributed by atoms with Crippen LogP contribution in [-0.2, 0) is 24.8 Å². The molecule has 9 nitrogen and oxygen atoms in total. The number of amidine groups is 1. The molecule has 0 unspecified atom stereocenters. The average molecular weight is 541 g/mol. The van der Waals surface area contributed by atoms with Gasteiger partial charge in [0.05, 0.1) is 6.54 Å². The van der Waals surface area contributed by atoms with Gasteiger partial charge in [-0.2, -0.15) is 18.3 Å². The minimum atomic E-state index is -5.08. The Bertz CT molecular complexity index is 1420. The number of hydrogen-bond donors (Lipinski definition) is 3. The van der Waals surface area contributed by atoms with Gasteiger partial charge in [0.15, 0.2) is 11.7 Å². The number of anilines is 2. The third kappa shape index (κ3) is 7.57. The lowest BCUT2D eigenvalue weighted by atomic mass is 10.1. The first-order valence-electron chi connectivity index (χ1n) is 11.7. The topological polar surface area (TPSA) is 130 Å². The number of carboxylic acid groups (broad SMARTS) is 1. The maximum absolute atomic E-state index is 10.6. The first-order valence-corrected chi connectivity index (χ1v) is 11.7. The Morgan fingerprint density at radius 1 is 1.03 bits per heavy atom. The highest BCUT2D eigenvalue weighted by molar-refractivity contribution is 5.97. The predicted octanol–water partition coefficient (Wildman–Crippen LogP) is 5.11. The van der Waals surface area contributed by atoms with E-state index in [0.29, 0.717) is 17.9 Å². The van der Waals surface area contributed by atoms with E-state index in [1.165, 1.54) is 5.56 Å². The molecule has 0 bridgehead atoms. The normalized spacial score (nSPS) is 11.5. The first-order chi connectivity index (χ1) is 18.5. The summed E-state index contributed by atoms with van der Waals surface area (Å²) >= 11 is 0. The van der Waals surface area contributed by atoms with Crippen LogP contribution in [0.3, 0.4) is 0 Å². The number of hydrogen-bond acceptors (Lipinski definition) is 6. The molecule has 0 spiro atoms. The van der Waals surface area contributed by atoms with Gasteiger partial charge in [0.1, 0.15) is 5.82 Å². The summed E-state index contributed by atoms with van der Waals surface area (Å²) in [5.74, 6) is -1.14. The van der Waals surface area contributed by atoms with Crippen LogP contribution in [0, 0.1) is 0 Å². The van der Waals surface area contributed by atoms with Gasteiger partial charge in [-0.15, -0.1) is 0 Å². The zero-order chi connectivity index (χ0) is 28.6. The lowest BCUT2D eigenvalue weighted by Gasteiger charge is -2.25. The molecule has 39 heavy (non-hydrogen) atoms. The van der Waals surface area contributed by atoms with Gasteiger partial charge in [0, 0.05) is 29.5 Å². The van der Waals surface area contributed by atoms with Crippen molar-refractivity contribution in [2.45, 2.75) is 26.1 Å². The number of rotatable bonds is 7. The van der Waals surface area contributed by atoms with Gasteiger partial charge in [-0.1, -0.05) is 54.5 Å². The molecule has 0 fully saturated rings. The van der Waals surface area contributed by atoms with E-state index in [1.807, 2.05) is 66.3 Å². The van der Waals surface area contributed by atoms with Gasteiger partial charge in [-0.3, -0.25) is 4.68 Å². The minimum absolute atomic E-state index is 0.0804. The van der Waals surface area contributed by atoms with Gasteiger partial charge in [0.2, 0.25) is 0 Å². The summed E-state index contributed by atoms with van der Waals surface area (Å²) in [4.78, 5) is 15.9. The number of aliphatic carboxylic acids is 1. The molecule has 12 heteroatoms. The van der Waals surface area contributed by atoms with Crippen LogP contribution < -0.4 is 10.6 Å². The maximum Gasteiger partial charge on any atom is 0.490 e. The smallest absolute Gasteiger partial charge is 0.475 e. The quantitative estimate of drug-likeness (QED) is 0.129. The predicted molar refractivity (Wildman–Crippen MR) is 141 cm³/mol. The van der Waals surface area contributed by atoms with Crippen molar-refractivity contribution in [2.75, 3.05) is 4.90 Å². The van der Waals surface area contributed by atoms with Crippen molar-refractivity contribution in [3.63, 3.8) is 0 Å². The van der Waals surface area contributed by atoms with E-state index < -0.39 is 12.1 Å². The van der Waals surface area contributed by atoms with E-state index in [2.05, 4.69) is 46.3 Å². The Balaban J connectivity index is 0.000000532. The number of nitrogens with two attached hydrogens (primary N) is 1. The summed E-state index contributed by atoms with van der Waals surface area (Å²) in [6.07, 6.45) is -4.13. The van der Waals surface area contributed by atoms with Crippen molar-refractivity contribution in [3.8, 4) is 11.4 Å². The van der Waals surface area contributed by atoms with E-state index >= 15 is 0 Å². The van der Waals surface area contributed by atoms with Gasteiger partial charge < -0.3 is 20.9 Å². The summed E-state index contributed by atoms with van der Waals surface area (Å²) in [5.41, 5.74) is 10.7. The monoisotopic (exact) mass is 540 g/mol. The van der Waals surface area contributed by atoms with E-state index in [1.54, 1.807) is 0 Å². The van der Waals surface area contributed by atoms with E-state index in [9.17, 15) is 13.2 Å². The summed E-state index contributed by atoms with van der Waals surface area (Å²) in [6.45, 7) is 2.68. The van der Waals surface area contributed by atoms with Crippen LogP contribution in [0.2, 0.25) is 0 Å². The lowest BCUT2D eigenvalue weighted by molar-refractivity contribution is -0.192. The largest absolute Gasteiger partial charge is 0.490 e. The molecular formula is C27H27F3N6O3. The molecule has 0 saturated heterocycles. The number of aryl methyl sites for hydroxylation is 2. The van der Waals surface area contributed by atoms with Crippen LogP contribution >= 0.6 is 0 Å². The fourth-order valence-electron chi connectivity index (χ4n) is 3.55. The van der Waals surface area contributed by atoms with Crippen molar-refractivity contribution in [1.29, 1.82) is 0 Å². The van der Waals surface area contributed by atoms with Crippen molar-refractivity contribution < 1.29 is 28.3 Å². The molecule has 0 saturated carbocycles. The van der Waals surface area contributed by atoms with Gasteiger partial charge in [-0.05, 0) is 48.4 Å². The van der Waals surface area contributed by atoms with Crippen molar-refractivity contribution in [2.24, 2.45) is 17.9 Å². The number of nitrogens with zero attached hydrogens (tertiary/aromatic N) is 5. The number of oxime groups is 1. The second-order valence-corrected chi connectivity index (χ2v) is 8.29. The van der Waals surface area contributed by atoms with Gasteiger partial charge in [-0.25, -0.2) is 9.78 Å². The average Bonchev–Trinajstić information content (AvgIpc) is 3.31. The second-order valence-electron chi connectivity index (χ2n) is 8.29. The number of carbonyl (C=O) groups is 1. The standard InChI is InChI=1S/C25H26N6O.C2HF3O2/c1-3-18-8-7-11-22(16-18)31(21-14-12-19(13-15-21)24(26)29-32)17-23-27-25(28-30(23)2)20-9-5-4-6-10-20;3-2(4,5)1(6)7/h4-16,32H,3,17H2,1-2H3,(H2,26,29);(H,6,7). The number of aromatic nitrogens is 3. The van der Waals surface area contributed by atoms with Crippen LogP contribution in [0.25, 0.3) is 11.4 Å². The third-order valence-corrected chi connectivity index (χ3v) is 5.64. The highest BCUT2D eigenvalue weighted by Crippen LogP contribution is 2.29. The molecule has 1 aromatic heterocycles. The van der Waals surface area contributed by atoms with E-state index in [-0.39, 0.29) is 5.84 Å². The highest BCUT2D eigenvalue weighted by atomic mass is 19.4. The number of halogens is 3. The zero-order valence-corrected chi connectivity index (χ0v) is 21.2. The van der Waals surface area contributed by atoms with E-state index in [0.717, 1.165) is 29.2 Å². The molecule has 4 rings (SSSR count). The van der Waals surface area contributed by atoms with Crippen LogP contribution in [0.15, 0.2) is 84.0 Å². The minimum Gasteiger partial charge on any atom is -0.475 e. The van der Waals surface area contributed by atoms with Crippen LogP contribution in [-0.4, -0.2) is 43.1 Å². The molecule has 0 aliphatic carbocycles. The zero-order valence-electron chi connectivity index (χ0n) is 21.2. The number of benzene rings is 3. The van der Waals surface area contributed by atoms with E-state index in [4.69, 9.17) is 25.8 Å². The molecule has 1 heterocycles. The van der Waals surface area contributed by atoms with Gasteiger partial charge in [0.25, 0.3) is 0 Å². The highest BCUT2D eigenvalue weighted by Gasteiger charge is 2.38. The molecule has 0 aliphatic rings. The number of alkyl halides is 3. The third-order valence-electron chi connectivity index (χ3n) is 5.64. The molecule has 3 aromatic carbocycles. The Kier molecular flexibility index (Phi) is 9.26. The summed E-state index contributed by atoms with van der Waals surface area (Å²) in [7, 11) is 1.91. The molecule has 0 radical (unpaired) electrons. The van der Waals surface area contributed by atoms with Crippen molar-refractivity contribution in [3.05, 3.63) is 95.8 Å². The maximum atomic E-state index is 10.6.